The van der Waals surface area contributed by atoms with Crippen LogP contribution in [-0.4, -0.2) is 98.2 Å². The number of para-hydroxylation sites is 2. The van der Waals surface area contributed by atoms with E-state index in [4.69, 9.17) is 0 Å². The quantitative estimate of drug-likeness (QED) is 0.210. The molecule has 1 aliphatic heterocycles. The average molecular weight is 689 g/mol. The molecule has 264 valence electrons. The van der Waals surface area contributed by atoms with Crippen LogP contribution in [0, 0.1) is 0 Å². The van der Waals surface area contributed by atoms with Gasteiger partial charge in [-0.15, -0.1) is 0 Å². The van der Waals surface area contributed by atoms with Gasteiger partial charge in [-0.25, -0.2) is 0 Å². The van der Waals surface area contributed by atoms with E-state index < -0.39 is 18.0 Å². The van der Waals surface area contributed by atoms with Crippen molar-refractivity contribution in [2.45, 2.75) is 24.9 Å². The number of hydrogen-bond acceptors (Lipinski definition) is 6. The fourth-order valence-electron chi connectivity index (χ4n) is 6.04. The first-order valence-corrected chi connectivity index (χ1v) is 17.0. The summed E-state index contributed by atoms with van der Waals surface area (Å²) in [7, 11) is 3.35. The molecule has 1 aliphatic rings. The van der Waals surface area contributed by atoms with Crippen LogP contribution in [0.4, 0.5) is 11.4 Å². The van der Waals surface area contributed by atoms with Crippen molar-refractivity contribution in [2.75, 3.05) is 56.6 Å². The van der Waals surface area contributed by atoms with Crippen LogP contribution in [0.3, 0.4) is 0 Å². The van der Waals surface area contributed by atoms with E-state index in [9.17, 15) is 24.0 Å². The van der Waals surface area contributed by atoms with Gasteiger partial charge in [0.2, 0.25) is 29.5 Å². The van der Waals surface area contributed by atoms with Gasteiger partial charge in [-0.05, 0) is 35.4 Å². The number of rotatable bonds is 14. The van der Waals surface area contributed by atoms with Gasteiger partial charge in [0, 0.05) is 51.4 Å². The molecule has 1 fully saturated rings. The zero-order chi connectivity index (χ0) is 36.2. The number of carbonyl (C=O) groups excluding carboxylic acids is 5. The lowest BCUT2D eigenvalue weighted by Crippen LogP contribution is -2.57. The van der Waals surface area contributed by atoms with E-state index in [2.05, 4.69) is 10.6 Å². The smallest absolute Gasteiger partial charge is 0.249 e. The summed E-state index contributed by atoms with van der Waals surface area (Å²) in [5, 5.41) is 5.76. The molecular formula is C40H44N6O5. The van der Waals surface area contributed by atoms with E-state index in [1.807, 2.05) is 121 Å². The largest absolute Gasteiger partial charge is 0.343 e. The molecule has 4 aromatic rings. The molecule has 2 atom stereocenters. The summed E-state index contributed by atoms with van der Waals surface area (Å²) in [6.07, 6.45) is 0.591. The fourth-order valence-corrected chi connectivity index (χ4v) is 6.04. The summed E-state index contributed by atoms with van der Waals surface area (Å²) in [5.74, 6) is -1.68. The van der Waals surface area contributed by atoms with Crippen LogP contribution < -0.4 is 20.4 Å². The van der Waals surface area contributed by atoms with Gasteiger partial charge in [-0.3, -0.25) is 28.9 Å². The van der Waals surface area contributed by atoms with Crippen LogP contribution in [0.2, 0.25) is 0 Å². The molecule has 1 heterocycles. The number of hydrogen-bond donors (Lipinski definition) is 2. The molecule has 11 nitrogen and oxygen atoms in total. The topological polar surface area (TPSA) is 122 Å². The highest BCUT2D eigenvalue weighted by Gasteiger charge is 2.31. The SMILES string of the molecule is CN(C(=O)[C@H](Cc1ccccc1)NC(=O)CN1CCN(CC(=O)N[C@@H](Cc2ccccc2)C(=O)N(C)c2ccccc2)C(=O)C1)c1ccccc1. The van der Waals surface area contributed by atoms with Gasteiger partial charge in [-0.2, -0.15) is 0 Å². The average Bonchev–Trinajstić information content (AvgIpc) is 3.15. The maximum Gasteiger partial charge on any atom is 0.249 e. The van der Waals surface area contributed by atoms with Crippen LogP contribution in [-0.2, 0) is 36.8 Å². The van der Waals surface area contributed by atoms with Gasteiger partial charge in [0.15, 0.2) is 0 Å². The Morgan fingerprint density at radius 3 is 1.39 bits per heavy atom. The highest BCUT2D eigenvalue weighted by Crippen LogP contribution is 2.16. The molecule has 51 heavy (non-hydrogen) atoms. The van der Waals surface area contributed by atoms with Crippen molar-refractivity contribution in [1.29, 1.82) is 0 Å². The second-order valence-electron chi connectivity index (χ2n) is 12.6. The van der Waals surface area contributed by atoms with Gasteiger partial charge in [0.1, 0.15) is 12.1 Å². The highest BCUT2D eigenvalue weighted by molar-refractivity contribution is 6.00. The monoisotopic (exact) mass is 688 g/mol. The zero-order valence-electron chi connectivity index (χ0n) is 29.0. The first kappa shape index (κ1) is 36.5. The Hall–Kier alpha value is -5.81. The second kappa shape index (κ2) is 17.7. The Morgan fingerprint density at radius 2 is 0.980 bits per heavy atom. The predicted octanol–water partition coefficient (Wildman–Crippen LogP) is 2.91. The van der Waals surface area contributed by atoms with Crippen LogP contribution >= 0.6 is 0 Å². The minimum absolute atomic E-state index is 0.0644. The molecule has 0 saturated carbocycles. The van der Waals surface area contributed by atoms with Gasteiger partial charge in [-0.1, -0.05) is 97.1 Å². The normalized spacial score (nSPS) is 14.2. The van der Waals surface area contributed by atoms with E-state index in [1.54, 1.807) is 19.0 Å². The molecule has 5 rings (SSSR count). The predicted molar refractivity (Wildman–Crippen MR) is 197 cm³/mol. The first-order chi connectivity index (χ1) is 24.7. The lowest BCUT2D eigenvalue weighted by atomic mass is 10.0. The molecule has 5 amide bonds. The molecule has 0 aliphatic carbocycles. The van der Waals surface area contributed by atoms with Crippen molar-refractivity contribution in [1.82, 2.24) is 20.4 Å². The number of nitrogens with zero attached hydrogens (tertiary/aromatic N) is 4. The zero-order valence-corrected chi connectivity index (χ0v) is 29.0. The van der Waals surface area contributed by atoms with Crippen molar-refractivity contribution in [3.63, 3.8) is 0 Å². The number of nitrogens with one attached hydrogen (secondary N) is 2. The summed E-state index contributed by atoms with van der Waals surface area (Å²) in [5.41, 5.74) is 3.20. The van der Waals surface area contributed by atoms with E-state index in [1.165, 1.54) is 14.7 Å². The third-order valence-electron chi connectivity index (χ3n) is 8.88. The Bertz CT molecular complexity index is 1770. The molecule has 0 radical (unpaired) electrons. The summed E-state index contributed by atoms with van der Waals surface area (Å²) in [4.78, 5) is 73.1. The summed E-state index contributed by atoms with van der Waals surface area (Å²) < 4.78 is 0. The lowest BCUT2D eigenvalue weighted by molar-refractivity contribution is -0.141. The summed E-state index contributed by atoms with van der Waals surface area (Å²) in [6.45, 7) is 0.219. The van der Waals surface area contributed by atoms with Crippen molar-refractivity contribution in [3.05, 3.63) is 132 Å². The molecule has 0 bridgehead atoms. The van der Waals surface area contributed by atoms with Gasteiger partial charge in [0.05, 0.1) is 19.6 Å². The van der Waals surface area contributed by atoms with E-state index in [0.29, 0.717) is 24.3 Å². The Balaban J connectivity index is 1.17. The third kappa shape index (κ3) is 10.3. The van der Waals surface area contributed by atoms with Gasteiger partial charge in [0.25, 0.3) is 0 Å². The number of carbonyl (C=O) groups is 5. The van der Waals surface area contributed by atoms with Crippen LogP contribution in [0.15, 0.2) is 121 Å². The number of piperazine rings is 1. The van der Waals surface area contributed by atoms with Crippen molar-refractivity contribution < 1.29 is 24.0 Å². The summed E-state index contributed by atoms with van der Waals surface area (Å²) in [6, 6.07) is 35.6. The molecule has 4 aromatic carbocycles. The first-order valence-electron chi connectivity index (χ1n) is 17.0. The Labute approximate surface area is 298 Å². The van der Waals surface area contributed by atoms with Crippen molar-refractivity contribution in [2.24, 2.45) is 0 Å². The molecule has 0 spiro atoms. The number of likely N-dealkylation sites (N-methyl/N-ethyl adjacent to an activating group) is 2. The van der Waals surface area contributed by atoms with Crippen LogP contribution in [0.5, 0.6) is 0 Å². The molecule has 1 saturated heterocycles. The maximum atomic E-state index is 13.6. The molecular weight excluding hydrogens is 644 g/mol. The molecule has 2 N–H and O–H groups in total. The fraction of sp³-hybridized carbons (Fsp3) is 0.275. The minimum Gasteiger partial charge on any atom is -0.343 e. The number of benzene rings is 4. The van der Waals surface area contributed by atoms with Crippen LogP contribution in [0.1, 0.15) is 11.1 Å². The number of amides is 5. The third-order valence-corrected chi connectivity index (χ3v) is 8.88. The standard InChI is InChI=1S/C40H44N6O5/c1-43(32-19-11-5-12-20-32)39(50)34(25-30-15-7-3-8-16-30)41-36(47)27-45-23-24-46(38(49)29-45)28-37(48)42-35(26-31-17-9-4-10-18-31)40(51)44(2)33-21-13-6-14-22-33/h3-22,34-35H,23-29H2,1-2H3,(H,41,47)(H,42,48)/t34-,35-/m0/s1. The molecule has 0 unspecified atom stereocenters. The Morgan fingerprint density at radius 1 is 0.588 bits per heavy atom. The van der Waals surface area contributed by atoms with E-state index in [-0.39, 0.29) is 56.2 Å². The molecule has 11 heteroatoms. The number of anilines is 2. The lowest BCUT2D eigenvalue weighted by Gasteiger charge is -2.34. The van der Waals surface area contributed by atoms with Crippen molar-refractivity contribution >= 4 is 40.9 Å². The maximum absolute atomic E-state index is 13.6. The van der Waals surface area contributed by atoms with E-state index >= 15 is 0 Å². The van der Waals surface area contributed by atoms with E-state index in [0.717, 1.165) is 11.1 Å². The van der Waals surface area contributed by atoms with Crippen LogP contribution in [0.25, 0.3) is 0 Å². The minimum atomic E-state index is -0.849. The highest BCUT2D eigenvalue weighted by atomic mass is 16.2. The van der Waals surface area contributed by atoms with Gasteiger partial charge >= 0.3 is 0 Å². The Kier molecular flexibility index (Phi) is 12.7. The summed E-state index contributed by atoms with van der Waals surface area (Å²) >= 11 is 0. The second-order valence-corrected chi connectivity index (χ2v) is 12.6. The van der Waals surface area contributed by atoms with Crippen molar-refractivity contribution in [3.8, 4) is 0 Å². The molecule has 0 aromatic heterocycles. The van der Waals surface area contributed by atoms with Gasteiger partial charge < -0.3 is 25.3 Å².